The lowest BCUT2D eigenvalue weighted by atomic mass is 10.1. The lowest BCUT2D eigenvalue weighted by Gasteiger charge is -2.06. The Morgan fingerprint density at radius 2 is 1.83 bits per heavy atom. The number of thiazole rings is 1. The molecule has 3 nitrogen and oxygen atoms in total. The molecule has 124 valence electrons. The third-order valence-corrected chi connectivity index (χ3v) is 4.50. The maximum atomic E-state index is 13.3. The van der Waals surface area contributed by atoms with E-state index in [0.29, 0.717) is 18.7 Å². The molecular formula is C18H16F2N2OS. The van der Waals surface area contributed by atoms with Crippen molar-refractivity contribution in [3.8, 4) is 10.6 Å². The van der Waals surface area contributed by atoms with Crippen LogP contribution in [0.4, 0.5) is 8.78 Å². The molecule has 3 rings (SSSR count). The van der Waals surface area contributed by atoms with E-state index < -0.39 is 5.82 Å². The molecule has 0 aliphatic carbocycles. The maximum absolute atomic E-state index is 13.3. The van der Waals surface area contributed by atoms with Gasteiger partial charge in [-0.05, 0) is 42.0 Å². The van der Waals surface area contributed by atoms with E-state index in [1.165, 1.54) is 29.5 Å². The molecule has 0 saturated carbocycles. The summed E-state index contributed by atoms with van der Waals surface area (Å²) in [7, 11) is 0. The highest BCUT2D eigenvalue weighted by atomic mass is 32.1. The van der Waals surface area contributed by atoms with Crippen LogP contribution in [0.25, 0.3) is 10.6 Å². The van der Waals surface area contributed by atoms with E-state index in [1.54, 1.807) is 24.3 Å². The van der Waals surface area contributed by atoms with Gasteiger partial charge < -0.3 is 10.4 Å². The minimum atomic E-state index is -0.398. The van der Waals surface area contributed by atoms with Crippen molar-refractivity contribution in [3.05, 3.63) is 76.3 Å². The smallest absolute Gasteiger partial charge is 0.128 e. The largest absolute Gasteiger partial charge is 0.392 e. The molecule has 0 unspecified atom stereocenters. The average molecular weight is 346 g/mol. The molecule has 0 bridgehead atoms. The second-order valence-electron chi connectivity index (χ2n) is 5.34. The molecule has 2 N–H and O–H groups in total. The summed E-state index contributed by atoms with van der Waals surface area (Å²) in [6, 6.07) is 10.9. The van der Waals surface area contributed by atoms with Crippen LogP contribution in [0.3, 0.4) is 0 Å². The van der Waals surface area contributed by atoms with Crippen molar-refractivity contribution < 1.29 is 13.9 Å². The molecule has 6 heteroatoms. The molecule has 0 amide bonds. The minimum absolute atomic E-state index is 0.265. The number of nitrogens with one attached hydrogen (secondary N) is 1. The van der Waals surface area contributed by atoms with Gasteiger partial charge in [-0.1, -0.05) is 6.07 Å². The van der Waals surface area contributed by atoms with Crippen molar-refractivity contribution >= 4 is 11.3 Å². The highest BCUT2D eigenvalue weighted by molar-refractivity contribution is 7.13. The minimum Gasteiger partial charge on any atom is -0.392 e. The Morgan fingerprint density at radius 3 is 2.58 bits per heavy atom. The molecular weight excluding hydrogens is 330 g/mol. The van der Waals surface area contributed by atoms with E-state index in [4.69, 9.17) is 5.11 Å². The molecule has 24 heavy (non-hydrogen) atoms. The molecule has 0 saturated heterocycles. The molecule has 0 aliphatic rings. The van der Waals surface area contributed by atoms with Gasteiger partial charge in [0.2, 0.25) is 0 Å². The highest BCUT2D eigenvalue weighted by Gasteiger charge is 2.06. The Morgan fingerprint density at radius 1 is 1.04 bits per heavy atom. The Balaban J connectivity index is 1.59. The van der Waals surface area contributed by atoms with Crippen molar-refractivity contribution in [3.63, 3.8) is 0 Å². The van der Waals surface area contributed by atoms with Crippen LogP contribution in [0.1, 0.15) is 16.8 Å². The van der Waals surface area contributed by atoms with Crippen molar-refractivity contribution in [1.29, 1.82) is 0 Å². The predicted octanol–water partition coefficient (Wildman–Crippen LogP) is 3.87. The van der Waals surface area contributed by atoms with Crippen LogP contribution in [0, 0.1) is 11.6 Å². The third-order valence-electron chi connectivity index (χ3n) is 3.56. The van der Waals surface area contributed by atoms with E-state index in [2.05, 4.69) is 10.3 Å². The molecule has 0 spiro atoms. The lowest BCUT2D eigenvalue weighted by molar-refractivity contribution is 0.275. The Kier molecular flexibility index (Phi) is 5.30. The van der Waals surface area contributed by atoms with Gasteiger partial charge in [-0.2, -0.15) is 0 Å². The zero-order valence-electron chi connectivity index (χ0n) is 12.8. The standard InChI is InChI=1S/C18H16F2N2OS/c19-15-4-2-13(3-5-15)18-22-16(11-24-18)9-21-8-12-1-6-17(20)14(7-12)10-23/h1-7,11,21,23H,8-10H2. The Bertz CT molecular complexity index is 818. The van der Waals surface area contributed by atoms with Crippen LogP contribution in [0.5, 0.6) is 0 Å². The molecule has 0 radical (unpaired) electrons. The average Bonchev–Trinajstić information content (AvgIpc) is 3.06. The molecule has 0 atom stereocenters. The van der Waals surface area contributed by atoms with Crippen LogP contribution >= 0.6 is 11.3 Å². The first-order valence-corrected chi connectivity index (χ1v) is 8.33. The summed E-state index contributed by atoms with van der Waals surface area (Å²) in [6.07, 6.45) is 0. The fraction of sp³-hybridized carbons (Fsp3) is 0.167. The fourth-order valence-corrected chi connectivity index (χ4v) is 3.13. The van der Waals surface area contributed by atoms with Crippen molar-refractivity contribution in [2.45, 2.75) is 19.7 Å². The molecule has 0 aliphatic heterocycles. The first kappa shape index (κ1) is 16.7. The van der Waals surface area contributed by atoms with Gasteiger partial charge in [0.25, 0.3) is 0 Å². The van der Waals surface area contributed by atoms with E-state index in [-0.39, 0.29) is 12.4 Å². The number of hydrogen-bond donors (Lipinski definition) is 2. The number of hydrogen-bond acceptors (Lipinski definition) is 4. The lowest BCUT2D eigenvalue weighted by Crippen LogP contribution is -2.13. The summed E-state index contributed by atoms with van der Waals surface area (Å²) in [5.41, 5.74) is 2.97. The van der Waals surface area contributed by atoms with Gasteiger partial charge in [0.1, 0.15) is 16.6 Å². The molecule has 2 aromatic carbocycles. The van der Waals surface area contributed by atoms with Crippen LogP contribution in [0.2, 0.25) is 0 Å². The molecule has 1 heterocycles. The first-order chi connectivity index (χ1) is 11.7. The second kappa shape index (κ2) is 7.61. The summed E-state index contributed by atoms with van der Waals surface area (Å²) >= 11 is 1.51. The third kappa shape index (κ3) is 4.03. The van der Waals surface area contributed by atoms with Gasteiger partial charge >= 0.3 is 0 Å². The summed E-state index contributed by atoms with van der Waals surface area (Å²) in [5, 5.41) is 15.1. The van der Waals surface area contributed by atoms with E-state index in [1.807, 2.05) is 5.38 Å². The zero-order chi connectivity index (χ0) is 16.9. The topological polar surface area (TPSA) is 45.1 Å². The quantitative estimate of drug-likeness (QED) is 0.712. The van der Waals surface area contributed by atoms with Gasteiger partial charge in [-0.15, -0.1) is 11.3 Å². The van der Waals surface area contributed by atoms with Crippen molar-refractivity contribution in [2.24, 2.45) is 0 Å². The summed E-state index contributed by atoms with van der Waals surface area (Å²) in [6.45, 7) is 0.813. The van der Waals surface area contributed by atoms with Crippen molar-refractivity contribution in [1.82, 2.24) is 10.3 Å². The van der Waals surface area contributed by atoms with Crippen LogP contribution in [0.15, 0.2) is 47.8 Å². The first-order valence-electron chi connectivity index (χ1n) is 7.45. The summed E-state index contributed by atoms with van der Waals surface area (Å²) in [4.78, 5) is 4.52. The van der Waals surface area contributed by atoms with Crippen LogP contribution < -0.4 is 5.32 Å². The van der Waals surface area contributed by atoms with Gasteiger partial charge in [0, 0.05) is 29.6 Å². The number of halogens is 2. The van der Waals surface area contributed by atoms with Gasteiger partial charge in [0.15, 0.2) is 0 Å². The van der Waals surface area contributed by atoms with Gasteiger partial charge in [-0.25, -0.2) is 13.8 Å². The van der Waals surface area contributed by atoms with Crippen molar-refractivity contribution in [2.75, 3.05) is 0 Å². The zero-order valence-corrected chi connectivity index (χ0v) is 13.6. The fourth-order valence-electron chi connectivity index (χ4n) is 2.31. The summed E-state index contributed by atoms with van der Waals surface area (Å²) in [5.74, 6) is -0.663. The predicted molar refractivity (Wildman–Crippen MR) is 90.4 cm³/mol. The van der Waals surface area contributed by atoms with E-state index in [9.17, 15) is 8.78 Å². The summed E-state index contributed by atoms with van der Waals surface area (Å²) < 4.78 is 26.3. The van der Waals surface area contributed by atoms with E-state index in [0.717, 1.165) is 21.8 Å². The number of aliphatic hydroxyl groups excluding tert-OH is 1. The number of rotatable bonds is 6. The van der Waals surface area contributed by atoms with Gasteiger partial charge in [0.05, 0.1) is 12.3 Å². The van der Waals surface area contributed by atoms with Gasteiger partial charge in [-0.3, -0.25) is 0 Å². The van der Waals surface area contributed by atoms with Crippen LogP contribution in [-0.2, 0) is 19.7 Å². The number of nitrogens with zero attached hydrogens (tertiary/aromatic N) is 1. The number of aliphatic hydroxyl groups is 1. The maximum Gasteiger partial charge on any atom is 0.128 e. The molecule has 3 aromatic rings. The monoisotopic (exact) mass is 346 g/mol. The second-order valence-corrected chi connectivity index (χ2v) is 6.20. The molecule has 0 fully saturated rings. The normalized spacial score (nSPS) is 11.0. The molecule has 1 aromatic heterocycles. The Hall–Kier alpha value is -2.15. The van der Waals surface area contributed by atoms with E-state index >= 15 is 0 Å². The SMILES string of the molecule is OCc1cc(CNCc2csc(-c3ccc(F)cc3)n2)ccc1F. The number of aromatic nitrogens is 1. The Labute approximate surface area is 142 Å². The highest BCUT2D eigenvalue weighted by Crippen LogP contribution is 2.23. The van der Waals surface area contributed by atoms with Crippen LogP contribution in [-0.4, -0.2) is 10.1 Å². The number of benzene rings is 2.